The van der Waals surface area contributed by atoms with Gasteiger partial charge in [-0.25, -0.2) is 22.1 Å². The van der Waals surface area contributed by atoms with E-state index in [4.69, 9.17) is 0 Å². The monoisotopic (exact) mass is 512 g/mol. The highest BCUT2D eigenvalue weighted by atomic mass is 127. The maximum absolute atomic E-state index is 13.6. The molecule has 27 heavy (non-hydrogen) atoms. The summed E-state index contributed by atoms with van der Waals surface area (Å²) in [4.78, 5) is 4.51. The van der Waals surface area contributed by atoms with Gasteiger partial charge in [0.05, 0.1) is 12.8 Å². The zero-order valence-electron chi connectivity index (χ0n) is 16.2. The minimum absolute atomic E-state index is 0. The molecule has 1 heterocycles. The largest absolute Gasteiger partial charge is 0.357 e. The lowest BCUT2D eigenvalue weighted by atomic mass is 9.98. The van der Waals surface area contributed by atoms with Gasteiger partial charge in [0.25, 0.3) is 0 Å². The number of sulfonamides is 1. The molecule has 9 heteroatoms. The zero-order chi connectivity index (χ0) is 19.2. The van der Waals surface area contributed by atoms with Crippen LogP contribution in [0.25, 0.3) is 0 Å². The standard InChI is InChI=1S/C18H29FN4O2S.HI/c1-4-20-18(22-13-16-6-5-14(2)17(19)11-16)21-12-15-7-9-23(10-8-15)26(3,24)25;/h5-6,11,15H,4,7-10,12-13H2,1-3H3,(H2,20,21,22);1H. The van der Waals surface area contributed by atoms with E-state index in [1.165, 1.54) is 16.6 Å². The van der Waals surface area contributed by atoms with Gasteiger partial charge in [-0.2, -0.15) is 0 Å². The molecular weight excluding hydrogens is 482 g/mol. The summed E-state index contributed by atoms with van der Waals surface area (Å²) in [6.45, 7) is 6.75. The Morgan fingerprint density at radius 3 is 2.52 bits per heavy atom. The Balaban J connectivity index is 0.00000364. The lowest BCUT2D eigenvalue weighted by Gasteiger charge is -2.30. The highest BCUT2D eigenvalue weighted by Crippen LogP contribution is 2.18. The van der Waals surface area contributed by atoms with E-state index in [0.29, 0.717) is 37.1 Å². The number of halogens is 2. The minimum atomic E-state index is -3.09. The highest BCUT2D eigenvalue weighted by Gasteiger charge is 2.24. The third-order valence-corrected chi connectivity index (χ3v) is 5.90. The Kier molecular flexibility index (Phi) is 9.96. The van der Waals surface area contributed by atoms with Crippen LogP contribution in [0.5, 0.6) is 0 Å². The van der Waals surface area contributed by atoms with Gasteiger partial charge in [0.2, 0.25) is 10.0 Å². The number of nitrogens with one attached hydrogen (secondary N) is 2. The van der Waals surface area contributed by atoms with Crippen LogP contribution in [0.15, 0.2) is 23.2 Å². The van der Waals surface area contributed by atoms with E-state index in [9.17, 15) is 12.8 Å². The Labute approximate surface area is 179 Å². The SMILES string of the molecule is CCNC(=NCc1ccc(C)c(F)c1)NCC1CCN(S(C)(=O)=O)CC1.I. The van der Waals surface area contributed by atoms with Crippen LogP contribution in [-0.4, -0.2) is 51.1 Å². The normalized spacial score (nSPS) is 16.7. The average molecular weight is 512 g/mol. The third kappa shape index (κ3) is 7.90. The lowest BCUT2D eigenvalue weighted by molar-refractivity contribution is 0.275. The molecule has 0 atom stereocenters. The molecular formula is C18H30FIN4O2S. The molecule has 154 valence electrons. The van der Waals surface area contributed by atoms with Crippen molar-refractivity contribution < 1.29 is 12.8 Å². The van der Waals surface area contributed by atoms with Crippen LogP contribution in [0.1, 0.15) is 30.9 Å². The number of nitrogens with zero attached hydrogens (tertiary/aromatic N) is 2. The molecule has 6 nitrogen and oxygen atoms in total. The first-order chi connectivity index (χ1) is 12.3. The smallest absolute Gasteiger partial charge is 0.211 e. The Bertz CT molecular complexity index is 735. The van der Waals surface area contributed by atoms with Gasteiger partial charge in [0.15, 0.2) is 5.96 Å². The second-order valence-electron chi connectivity index (χ2n) is 6.77. The van der Waals surface area contributed by atoms with E-state index in [1.807, 2.05) is 13.0 Å². The number of hydrogen-bond acceptors (Lipinski definition) is 3. The molecule has 1 fully saturated rings. The summed E-state index contributed by atoms with van der Waals surface area (Å²) in [5.41, 5.74) is 1.45. The Hall–Kier alpha value is -0.940. The molecule has 2 rings (SSSR count). The topological polar surface area (TPSA) is 73.8 Å². The fourth-order valence-corrected chi connectivity index (χ4v) is 3.81. The molecule has 0 bridgehead atoms. The van der Waals surface area contributed by atoms with Gasteiger partial charge in [0.1, 0.15) is 5.82 Å². The second-order valence-corrected chi connectivity index (χ2v) is 8.75. The quantitative estimate of drug-likeness (QED) is 0.349. The molecule has 1 aliphatic rings. The van der Waals surface area contributed by atoms with Crippen molar-refractivity contribution >= 4 is 40.0 Å². The van der Waals surface area contributed by atoms with Crippen molar-refractivity contribution in [3.63, 3.8) is 0 Å². The van der Waals surface area contributed by atoms with E-state index >= 15 is 0 Å². The number of aryl methyl sites for hydroxylation is 1. The van der Waals surface area contributed by atoms with Crippen molar-refractivity contribution in [2.45, 2.75) is 33.2 Å². The summed E-state index contributed by atoms with van der Waals surface area (Å²) in [6, 6.07) is 5.16. The van der Waals surface area contributed by atoms with Gasteiger partial charge in [-0.05, 0) is 49.8 Å². The summed E-state index contributed by atoms with van der Waals surface area (Å²) >= 11 is 0. The number of aliphatic imine (C=N–C) groups is 1. The van der Waals surface area contributed by atoms with Crippen molar-refractivity contribution in [2.24, 2.45) is 10.9 Å². The van der Waals surface area contributed by atoms with Gasteiger partial charge in [0, 0.05) is 26.2 Å². The first-order valence-electron chi connectivity index (χ1n) is 9.02. The zero-order valence-corrected chi connectivity index (χ0v) is 19.3. The van der Waals surface area contributed by atoms with E-state index in [1.54, 1.807) is 13.0 Å². The summed E-state index contributed by atoms with van der Waals surface area (Å²) in [5, 5.41) is 6.51. The molecule has 1 saturated heterocycles. The van der Waals surface area contributed by atoms with Crippen molar-refractivity contribution in [3.8, 4) is 0 Å². The van der Waals surface area contributed by atoms with Crippen LogP contribution in [0.4, 0.5) is 4.39 Å². The third-order valence-electron chi connectivity index (χ3n) is 4.60. The number of guanidine groups is 1. The Morgan fingerprint density at radius 2 is 1.96 bits per heavy atom. The predicted octanol–water partition coefficient (Wildman–Crippen LogP) is 2.48. The molecule has 0 aromatic heterocycles. The van der Waals surface area contributed by atoms with E-state index in [-0.39, 0.29) is 29.8 Å². The van der Waals surface area contributed by atoms with E-state index < -0.39 is 10.0 Å². The number of rotatable bonds is 6. The summed E-state index contributed by atoms with van der Waals surface area (Å²) in [7, 11) is -3.09. The van der Waals surface area contributed by atoms with Crippen LogP contribution in [-0.2, 0) is 16.6 Å². The van der Waals surface area contributed by atoms with Crippen LogP contribution >= 0.6 is 24.0 Å². The van der Waals surface area contributed by atoms with Crippen LogP contribution in [0, 0.1) is 18.7 Å². The fourth-order valence-electron chi connectivity index (χ4n) is 2.93. The molecule has 1 aliphatic heterocycles. The van der Waals surface area contributed by atoms with Gasteiger partial charge in [-0.3, -0.25) is 0 Å². The maximum Gasteiger partial charge on any atom is 0.211 e. The number of benzene rings is 1. The molecule has 1 aromatic carbocycles. The van der Waals surface area contributed by atoms with Crippen LogP contribution in [0.2, 0.25) is 0 Å². The van der Waals surface area contributed by atoms with Gasteiger partial charge < -0.3 is 10.6 Å². The minimum Gasteiger partial charge on any atom is -0.357 e. The molecule has 2 N–H and O–H groups in total. The molecule has 0 radical (unpaired) electrons. The first kappa shape index (κ1) is 24.1. The molecule has 0 spiro atoms. The number of hydrogen-bond donors (Lipinski definition) is 2. The molecule has 0 saturated carbocycles. The molecule has 0 aliphatic carbocycles. The summed E-state index contributed by atoms with van der Waals surface area (Å²) < 4.78 is 38.3. The maximum atomic E-state index is 13.6. The molecule has 0 unspecified atom stereocenters. The average Bonchev–Trinajstić information content (AvgIpc) is 2.60. The van der Waals surface area contributed by atoms with E-state index in [2.05, 4.69) is 15.6 Å². The van der Waals surface area contributed by atoms with Gasteiger partial charge in [-0.15, -0.1) is 24.0 Å². The Morgan fingerprint density at radius 1 is 1.30 bits per heavy atom. The highest BCUT2D eigenvalue weighted by molar-refractivity contribution is 14.0. The second kappa shape index (κ2) is 11.2. The van der Waals surface area contributed by atoms with Crippen molar-refractivity contribution in [1.82, 2.24) is 14.9 Å². The molecule has 1 aromatic rings. The van der Waals surface area contributed by atoms with Crippen molar-refractivity contribution in [1.29, 1.82) is 0 Å². The van der Waals surface area contributed by atoms with Crippen LogP contribution in [0.3, 0.4) is 0 Å². The lowest BCUT2D eigenvalue weighted by Crippen LogP contribution is -2.44. The van der Waals surface area contributed by atoms with Crippen molar-refractivity contribution in [2.75, 3.05) is 32.4 Å². The first-order valence-corrected chi connectivity index (χ1v) is 10.9. The van der Waals surface area contributed by atoms with Gasteiger partial charge >= 0.3 is 0 Å². The van der Waals surface area contributed by atoms with Gasteiger partial charge in [-0.1, -0.05) is 12.1 Å². The predicted molar refractivity (Wildman–Crippen MR) is 119 cm³/mol. The fraction of sp³-hybridized carbons (Fsp3) is 0.611. The van der Waals surface area contributed by atoms with Crippen molar-refractivity contribution in [3.05, 3.63) is 35.1 Å². The van der Waals surface area contributed by atoms with E-state index in [0.717, 1.165) is 31.5 Å². The summed E-state index contributed by atoms with van der Waals surface area (Å²) in [6.07, 6.45) is 2.93. The van der Waals surface area contributed by atoms with Crippen LogP contribution < -0.4 is 10.6 Å². The molecule has 0 amide bonds. The number of piperidine rings is 1. The summed E-state index contributed by atoms with van der Waals surface area (Å²) in [5.74, 6) is 0.890.